The fourth-order valence-electron chi connectivity index (χ4n) is 3.34. The van der Waals surface area contributed by atoms with Crippen molar-refractivity contribution in [1.29, 1.82) is 0 Å². The van der Waals surface area contributed by atoms with Gasteiger partial charge in [-0.05, 0) is 33.6 Å². The van der Waals surface area contributed by atoms with Gasteiger partial charge in [0.1, 0.15) is 0 Å². The first kappa shape index (κ1) is 27.9. The molecule has 1 unspecified atom stereocenters. The number of ether oxygens (including phenoxy) is 2. The molecular formula is C25H48O4. The van der Waals surface area contributed by atoms with Crippen molar-refractivity contribution in [3.05, 3.63) is 0 Å². The largest absolute Gasteiger partial charge is 0.465 e. The molecule has 0 radical (unpaired) electrons. The van der Waals surface area contributed by atoms with E-state index in [9.17, 15) is 9.59 Å². The molecule has 0 aliphatic heterocycles. The zero-order chi connectivity index (χ0) is 22.0. The van der Waals surface area contributed by atoms with Gasteiger partial charge >= 0.3 is 11.9 Å². The number of unbranched alkanes of at least 4 members (excludes halogenated alkanes) is 12. The molecule has 0 aromatic heterocycles. The molecule has 0 N–H and O–H groups in total. The van der Waals surface area contributed by atoms with Gasteiger partial charge < -0.3 is 9.47 Å². The van der Waals surface area contributed by atoms with Crippen molar-refractivity contribution in [2.24, 2.45) is 5.41 Å². The predicted octanol–water partition coefficient (Wildman–Crippen LogP) is 7.38. The lowest BCUT2D eigenvalue weighted by molar-refractivity contribution is -0.172. The molecule has 0 aliphatic rings. The number of esters is 2. The van der Waals surface area contributed by atoms with Crippen molar-refractivity contribution in [1.82, 2.24) is 0 Å². The van der Waals surface area contributed by atoms with Crippen LogP contribution in [0.3, 0.4) is 0 Å². The van der Waals surface area contributed by atoms with Crippen LogP contribution in [0.2, 0.25) is 0 Å². The van der Waals surface area contributed by atoms with Crippen LogP contribution in [0.4, 0.5) is 0 Å². The van der Waals surface area contributed by atoms with Crippen molar-refractivity contribution in [3.8, 4) is 0 Å². The highest BCUT2D eigenvalue weighted by Crippen LogP contribution is 2.22. The minimum Gasteiger partial charge on any atom is -0.465 e. The number of carbonyl (C=O) groups excluding carboxylic acids is 2. The monoisotopic (exact) mass is 412 g/mol. The summed E-state index contributed by atoms with van der Waals surface area (Å²) in [5.74, 6) is -0.973. The first-order valence-corrected chi connectivity index (χ1v) is 12.2. The van der Waals surface area contributed by atoms with E-state index in [1.807, 2.05) is 13.8 Å². The highest BCUT2D eigenvalue weighted by Gasteiger charge is 2.40. The second-order valence-corrected chi connectivity index (χ2v) is 9.01. The SMILES string of the molecule is CCCCCCCCCCCCCCCOC(=O)C(C)(C)C(=O)OC(C)CCC. The zero-order valence-corrected chi connectivity index (χ0v) is 20.0. The Morgan fingerprint density at radius 1 is 0.690 bits per heavy atom. The van der Waals surface area contributed by atoms with E-state index in [1.165, 1.54) is 70.6 Å². The van der Waals surface area contributed by atoms with Crippen LogP contribution in [0.5, 0.6) is 0 Å². The molecule has 29 heavy (non-hydrogen) atoms. The molecule has 0 saturated heterocycles. The Bertz CT molecular complexity index is 417. The fourth-order valence-corrected chi connectivity index (χ4v) is 3.34. The number of hydrogen-bond acceptors (Lipinski definition) is 4. The summed E-state index contributed by atoms with van der Waals surface area (Å²) in [5.41, 5.74) is -1.24. The van der Waals surface area contributed by atoms with Crippen LogP contribution in [0.15, 0.2) is 0 Å². The topological polar surface area (TPSA) is 52.6 Å². The molecule has 0 fully saturated rings. The van der Waals surface area contributed by atoms with Gasteiger partial charge in [0.25, 0.3) is 0 Å². The molecule has 0 spiro atoms. The molecule has 0 bridgehead atoms. The Balaban J connectivity index is 3.64. The van der Waals surface area contributed by atoms with Gasteiger partial charge in [-0.15, -0.1) is 0 Å². The summed E-state index contributed by atoms with van der Waals surface area (Å²) in [5, 5.41) is 0. The Labute approximate surface area is 180 Å². The van der Waals surface area contributed by atoms with Crippen LogP contribution in [0, 0.1) is 5.41 Å². The lowest BCUT2D eigenvalue weighted by Gasteiger charge is -2.23. The summed E-state index contributed by atoms with van der Waals surface area (Å²) in [6, 6.07) is 0. The molecule has 4 heteroatoms. The van der Waals surface area contributed by atoms with Gasteiger partial charge in [0, 0.05) is 0 Å². The average molecular weight is 413 g/mol. The predicted molar refractivity (Wildman–Crippen MR) is 121 cm³/mol. The van der Waals surface area contributed by atoms with Crippen molar-refractivity contribution in [2.45, 2.75) is 137 Å². The van der Waals surface area contributed by atoms with Crippen molar-refractivity contribution in [3.63, 3.8) is 0 Å². The second-order valence-electron chi connectivity index (χ2n) is 9.01. The van der Waals surface area contributed by atoms with Crippen LogP contribution in [-0.2, 0) is 19.1 Å². The van der Waals surface area contributed by atoms with E-state index in [1.54, 1.807) is 13.8 Å². The quantitative estimate of drug-likeness (QED) is 0.126. The summed E-state index contributed by atoms with van der Waals surface area (Å²) < 4.78 is 10.7. The van der Waals surface area contributed by atoms with Gasteiger partial charge in [-0.2, -0.15) is 0 Å². The summed E-state index contributed by atoms with van der Waals surface area (Å²) >= 11 is 0. The molecule has 0 rings (SSSR count). The Morgan fingerprint density at radius 3 is 1.59 bits per heavy atom. The summed E-state index contributed by atoms with van der Waals surface area (Å²) in [6.45, 7) is 9.71. The average Bonchev–Trinajstić information content (AvgIpc) is 2.68. The molecular weight excluding hydrogens is 364 g/mol. The van der Waals surface area contributed by atoms with E-state index >= 15 is 0 Å². The van der Waals surface area contributed by atoms with E-state index in [2.05, 4.69) is 6.92 Å². The maximum atomic E-state index is 12.2. The van der Waals surface area contributed by atoms with Crippen LogP contribution < -0.4 is 0 Å². The van der Waals surface area contributed by atoms with E-state index in [0.29, 0.717) is 6.61 Å². The second kappa shape index (κ2) is 17.8. The highest BCUT2D eigenvalue weighted by atomic mass is 16.6. The molecule has 0 amide bonds. The van der Waals surface area contributed by atoms with Gasteiger partial charge in [-0.3, -0.25) is 9.59 Å². The normalized spacial score (nSPS) is 12.6. The lowest BCUT2D eigenvalue weighted by Crippen LogP contribution is -2.38. The first-order chi connectivity index (χ1) is 13.9. The third kappa shape index (κ3) is 14.5. The molecule has 0 heterocycles. The van der Waals surface area contributed by atoms with Crippen LogP contribution in [-0.4, -0.2) is 24.6 Å². The standard InChI is InChI=1S/C25H48O4/c1-6-8-9-10-11-12-13-14-15-16-17-18-19-21-28-23(26)25(4,5)24(27)29-22(3)20-7-2/h22H,6-21H2,1-5H3. The zero-order valence-electron chi connectivity index (χ0n) is 20.0. The third-order valence-electron chi connectivity index (χ3n) is 5.51. The molecule has 0 saturated carbocycles. The van der Waals surface area contributed by atoms with Crippen LogP contribution >= 0.6 is 0 Å². The summed E-state index contributed by atoms with van der Waals surface area (Å²) in [4.78, 5) is 24.5. The Hall–Kier alpha value is -1.06. The number of carbonyl (C=O) groups is 2. The minimum absolute atomic E-state index is 0.166. The minimum atomic E-state index is -1.24. The summed E-state index contributed by atoms with van der Waals surface area (Å²) in [6.07, 6.45) is 18.3. The molecule has 0 aliphatic carbocycles. The van der Waals surface area contributed by atoms with Gasteiger partial charge in [0.2, 0.25) is 0 Å². The maximum absolute atomic E-state index is 12.2. The van der Waals surface area contributed by atoms with Crippen molar-refractivity contribution >= 4 is 11.9 Å². The van der Waals surface area contributed by atoms with Gasteiger partial charge in [0.05, 0.1) is 12.7 Å². The van der Waals surface area contributed by atoms with Crippen LogP contribution in [0.1, 0.15) is 131 Å². The van der Waals surface area contributed by atoms with Crippen molar-refractivity contribution < 1.29 is 19.1 Å². The summed E-state index contributed by atoms with van der Waals surface area (Å²) in [7, 11) is 0. The molecule has 0 aromatic rings. The highest BCUT2D eigenvalue weighted by molar-refractivity contribution is 5.99. The maximum Gasteiger partial charge on any atom is 0.323 e. The molecule has 4 nitrogen and oxygen atoms in total. The van der Waals surface area contributed by atoms with Gasteiger partial charge in [-0.1, -0.05) is 97.3 Å². The molecule has 1 atom stereocenters. The number of rotatable bonds is 19. The molecule has 0 aromatic carbocycles. The first-order valence-electron chi connectivity index (χ1n) is 12.2. The van der Waals surface area contributed by atoms with Crippen molar-refractivity contribution in [2.75, 3.05) is 6.61 Å². The van der Waals surface area contributed by atoms with Gasteiger partial charge in [-0.25, -0.2) is 0 Å². The van der Waals surface area contributed by atoms with E-state index in [4.69, 9.17) is 9.47 Å². The smallest absolute Gasteiger partial charge is 0.323 e. The van der Waals surface area contributed by atoms with Gasteiger partial charge in [0.15, 0.2) is 5.41 Å². The molecule has 172 valence electrons. The lowest BCUT2D eigenvalue weighted by atomic mass is 9.94. The fraction of sp³-hybridized carbons (Fsp3) is 0.920. The van der Waals surface area contributed by atoms with E-state index < -0.39 is 17.4 Å². The third-order valence-corrected chi connectivity index (χ3v) is 5.51. The Morgan fingerprint density at radius 2 is 1.14 bits per heavy atom. The Kier molecular flexibility index (Phi) is 17.1. The van der Waals surface area contributed by atoms with E-state index in [-0.39, 0.29) is 6.10 Å². The number of hydrogen-bond donors (Lipinski definition) is 0. The van der Waals surface area contributed by atoms with E-state index in [0.717, 1.165) is 25.7 Å². The van der Waals surface area contributed by atoms with Crippen LogP contribution in [0.25, 0.3) is 0 Å².